The van der Waals surface area contributed by atoms with Crippen molar-refractivity contribution in [1.82, 2.24) is 4.31 Å². The van der Waals surface area contributed by atoms with Crippen LogP contribution in [0.15, 0.2) is 47.4 Å². The quantitative estimate of drug-likeness (QED) is 0.679. The minimum absolute atomic E-state index is 0.0502. The second-order valence-electron chi connectivity index (χ2n) is 5.69. The highest BCUT2D eigenvalue weighted by Gasteiger charge is 2.21. The largest absolute Gasteiger partial charge is 0.465 e. The molecule has 0 atom stereocenters. The number of esters is 2. The van der Waals surface area contributed by atoms with Crippen LogP contribution in [0, 0.1) is 0 Å². The standard InChI is InChI=1S/C18H18ClNO6S/c1-20(2)27(23,24)14-8-9-16(19)15(10-14)18(22)26-11-12-4-6-13(7-5-12)17(21)25-3/h4-10H,11H2,1-3H3. The third-order valence-corrected chi connectivity index (χ3v) is 5.82. The van der Waals surface area contributed by atoms with E-state index in [2.05, 4.69) is 4.74 Å². The van der Waals surface area contributed by atoms with Gasteiger partial charge in [-0.05, 0) is 35.9 Å². The summed E-state index contributed by atoms with van der Waals surface area (Å²) in [5.41, 5.74) is 0.965. The highest BCUT2D eigenvalue weighted by atomic mass is 35.5. The molecule has 0 aliphatic heterocycles. The number of nitrogens with zero attached hydrogens (tertiary/aromatic N) is 1. The molecule has 0 aromatic heterocycles. The summed E-state index contributed by atoms with van der Waals surface area (Å²) < 4.78 is 35.3. The van der Waals surface area contributed by atoms with E-state index in [0.717, 1.165) is 4.31 Å². The number of ether oxygens (including phenoxy) is 2. The molecule has 0 amide bonds. The lowest BCUT2D eigenvalue weighted by Crippen LogP contribution is -2.22. The summed E-state index contributed by atoms with van der Waals surface area (Å²) in [7, 11) is 0.353. The number of sulfonamides is 1. The van der Waals surface area contributed by atoms with Gasteiger partial charge in [-0.1, -0.05) is 23.7 Å². The highest BCUT2D eigenvalue weighted by molar-refractivity contribution is 7.89. The zero-order valence-corrected chi connectivity index (χ0v) is 16.5. The van der Waals surface area contributed by atoms with Gasteiger partial charge in [0.05, 0.1) is 28.2 Å². The number of benzene rings is 2. The minimum atomic E-state index is -3.71. The van der Waals surface area contributed by atoms with Crippen molar-refractivity contribution >= 4 is 33.6 Å². The molecule has 0 saturated carbocycles. The van der Waals surface area contributed by atoms with E-state index in [-0.39, 0.29) is 22.1 Å². The third kappa shape index (κ3) is 4.85. The fourth-order valence-corrected chi connectivity index (χ4v) is 3.24. The first kappa shape index (κ1) is 20.9. The van der Waals surface area contributed by atoms with E-state index in [1.807, 2.05) is 0 Å². The maximum atomic E-state index is 12.3. The molecule has 0 fully saturated rings. The molecular weight excluding hydrogens is 394 g/mol. The van der Waals surface area contributed by atoms with E-state index < -0.39 is 22.0 Å². The number of hydrogen-bond donors (Lipinski definition) is 0. The molecule has 2 aromatic carbocycles. The van der Waals surface area contributed by atoms with Crippen LogP contribution in [0.1, 0.15) is 26.3 Å². The molecule has 0 bridgehead atoms. The first-order valence-corrected chi connectivity index (χ1v) is 9.55. The van der Waals surface area contributed by atoms with Crippen LogP contribution in [0.3, 0.4) is 0 Å². The van der Waals surface area contributed by atoms with E-state index in [0.29, 0.717) is 11.1 Å². The second kappa shape index (κ2) is 8.51. The third-order valence-electron chi connectivity index (χ3n) is 3.68. The molecule has 9 heteroatoms. The molecule has 2 aromatic rings. The molecule has 0 aliphatic carbocycles. The van der Waals surface area contributed by atoms with E-state index >= 15 is 0 Å². The fourth-order valence-electron chi connectivity index (χ4n) is 2.11. The lowest BCUT2D eigenvalue weighted by molar-refractivity contribution is 0.0471. The Bertz CT molecular complexity index is 954. The Labute approximate surface area is 162 Å². The van der Waals surface area contributed by atoms with Gasteiger partial charge in [0.15, 0.2) is 0 Å². The summed E-state index contributed by atoms with van der Waals surface area (Å²) in [6.45, 7) is -0.0682. The summed E-state index contributed by atoms with van der Waals surface area (Å²) >= 11 is 6.01. The topological polar surface area (TPSA) is 90.0 Å². The summed E-state index contributed by atoms with van der Waals surface area (Å²) in [6.07, 6.45) is 0. The molecule has 0 unspecified atom stereocenters. The second-order valence-corrected chi connectivity index (χ2v) is 8.25. The molecule has 0 spiro atoms. The molecule has 0 heterocycles. The first-order valence-electron chi connectivity index (χ1n) is 7.73. The number of hydrogen-bond acceptors (Lipinski definition) is 6. The summed E-state index contributed by atoms with van der Waals surface area (Å²) in [5, 5.41) is 0.0822. The van der Waals surface area contributed by atoms with Crippen molar-refractivity contribution in [1.29, 1.82) is 0 Å². The van der Waals surface area contributed by atoms with Crippen LogP contribution < -0.4 is 0 Å². The van der Waals surface area contributed by atoms with Crippen molar-refractivity contribution < 1.29 is 27.5 Å². The monoisotopic (exact) mass is 411 g/mol. The average molecular weight is 412 g/mol. The molecular formula is C18H18ClNO6S. The Morgan fingerprint density at radius 1 is 1.04 bits per heavy atom. The zero-order chi connectivity index (χ0) is 20.2. The number of methoxy groups -OCH3 is 1. The number of rotatable bonds is 6. The number of carbonyl (C=O) groups excluding carboxylic acids is 2. The highest BCUT2D eigenvalue weighted by Crippen LogP contribution is 2.23. The van der Waals surface area contributed by atoms with E-state index in [1.165, 1.54) is 39.4 Å². The molecule has 0 saturated heterocycles. The molecule has 0 N–H and O–H groups in total. The lowest BCUT2D eigenvalue weighted by Gasteiger charge is -2.13. The normalized spacial score (nSPS) is 11.3. The molecule has 2 rings (SSSR count). The van der Waals surface area contributed by atoms with Crippen LogP contribution in [0.2, 0.25) is 5.02 Å². The molecule has 0 aliphatic rings. The Kier molecular flexibility index (Phi) is 6.59. The molecule has 27 heavy (non-hydrogen) atoms. The minimum Gasteiger partial charge on any atom is -0.465 e. The van der Waals surface area contributed by atoms with Gasteiger partial charge in [0.2, 0.25) is 10.0 Å². The fraction of sp³-hybridized carbons (Fsp3) is 0.222. The lowest BCUT2D eigenvalue weighted by atomic mass is 10.1. The maximum absolute atomic E-state index is 12.3. The van der Waals surface area contributed by atoms with Gasteiger partial charge in [0, 0.05) is 14.1 Å². The Morgan fingerprint density at radius 3 is 2.22 bits per heavy atom. The van der Waals surface area contributed by atoms with E-state index in [9.17, 15) is 18.0 Å². The van der Waals surface area contributed by atoms with Crippen molar-refractivity contribution in [2.24, 2.45) is 0 Å². The van der Waals surface area contributed by atoms with Gasteiger partial charge in [-0.15, -0.1) is 0 Å². The zero-order valence-electron chi connectivity index (χ0n) is 14.9. The van der Waals surface area contributed by atoms with Gasteiger partial charge in [-0.2, -0.15) is 0 Å². The van der Waals surface area contributed by atoms with Crippen molar-refractivity contribution in [3.8, 4) is 0 Å². The maximum Gasteiger partial charge on any atom is 0.340 e. The molecule has 0 radical (unpaired) electrons. The predicted octanol–water partition coefficient (Wildman–Crippen LogP) is 2.73. The summed E-state index contributed by atoms with van der Waals surface area (Å²) in [6, 6.07) is 10.2. The van der Waals surface area contributed by atoms with Crippen molar-refractivity contribution in [2.75, 3.05) is 21.2 Å². The smallest absolute Gasteiger partial charge is 0.340 e. The first-order chi connectivity index (χ1) is 12.7. The van der Waals surface area contributed by atoms with Gasteiger partial charge in [-0.25, -0.2) is 22.3 Å². The van der Waals surface area contributed by atoms with Crippen molar-refractivity contribution in [3.05, 3.63) is 64.2 Å². The Hall–Kier alpha value is -2.42. The van der Waals surface area contributed by atoms with Crippen LogP contribution in [-0.2, 0) is 26.1 Å². The number of carbonyl (C=O) groups is 2. The van der Waals surface area contributed by atoms with Crippen LogP contribution in [-0.4, -0.2) is 45.9 Å². The van der Waals surface area contributed by atoms with Crippen LogP contribution in [0.5, 0.6) is 0 Å². The summed E-state index contributed by atoms with van der Waals surface area (Å²) in [5.74, 6) is -1.22. The van der Waals surface area contributed by atoms with Crippen LogP contribution in [0.25, 0.3) is 0 Å². The molecule has 7 nitrogen and oxygen atoms in total. The molecule has 144 valence electrons. The number of halogens is 1. The van der Waals surface area contributed by atoms with Gasteiger partial charge < -0.3 is 9.47 Å². The van der Waals surface area contributed by atoms with Gasteiger partial charge in [0.25, 0.3) is 0 Å². The predicted molar refractivity (Wildman–Crippen MR) is 99.2 cm³/mol. The van der Waals surface area contributed by atoms with Crippen LogP contribution in [0.4, 0.5) is 0 Å². The Morgan fingerprint density at radius 2 is 1.67 bits per heavy atom. The SMILES string of the molecule is COC(=O)c1ccc(COC(=O)c2cc(S(=O)(=O)N(C)C)ccc2Cl)cc1. The Balaban J connectivity index is 2.15. The van der Waals surface area contributed by atoms with Gasteiger partial charge in [0.1, 0.15) is 6.61 Å². The van der Waals surface area contributed by atoms with Gasteiger partial charge in [-0.3, -0.25) is 0 Å². The van der Waals surface area contributed by atoms with Crippen LogP contribution >= 0.6 is 11.6 Å². The van der Waals surface area contributed by atoms with E-state index in [4.69, 9.17) is 16.3 Å². The van der Waals surface area contributed by atoms with Crippen molar-refractivity contribution in [2.45, 2.75) is 11.5 Å². The average Bonchev–Trinajstić information content (AvgIpc) is 2.65. The van der Waals surface area contributed by atoms with E-state index in [1.54, 1.807) is 24.3 Å². The van der Waals surface area contributed by atoms with Crippen molar-refractivity contribution in [3.63, 3.8) is 0 Å². The summed E-state index contributed by atoms with van der Waals surface area (Å²) in [4.78, 5) is 23.7. The van der Waals surface area contributed by atoms with Gasteiger partial charge >= 0.3 is 11.9 Å².